The number of carboxylic acids is 1. The largest absolute Gasteiger partial charge is 0.508 e. The van der Waals surface area contributed by atoms with Gasteiger partial charge >= 0.3 is 5.97 Å². The molecule has 17 N–H and O–H groups in total. The van der Waals surface area contributed by atoms with Crippen LogP contribution in [0.2, 0.25) is 5.02 Å². The van der Waals surface area contributed by atoms with Crippen LogP contribution in [-0.4, -0.2) is 197 Å². The summed E-state index contributed by atoms with van der Waals surface area (Å²) in [5, 5.41) is 131. The number of ether oxygens (including phenoxy) is 5. The van der Waals surface area contributed by atoms with Gasteiger partial charge in [-0.05, 0) is 120 Å². The molecule has 2 saturated heterocycles. The number of fused-ring (bicyclic) bond motifs is 13. The summed E-state index contributed by atoms with van der Waals surface area (Å²) in [5.74, 6) is -17.6. The molecule has 13 rings (SSSR count). The van der Waals surface area contributed by atoms with Crippen LogP contribution in [0.15, 0.2) is 113 Å². The van der Waals surface area contributed by atoms with Crippen molar-refractivity contribution in [3.05, 3.63) is 140 Å². The third-order valence-corrected chi connectivity index (χ3v) is 17.9. The highest BCUT2D eigenvalue weighted by atomic mass is 35.5. The van der Waals surface area contributed by atoms with Crippen LogP contribution >= 0.6 is 11.6 Å². The maximum absolute atomic E-state index is 15.9. The molecule has 0 spiro atoms. The number of carboxylic acid groups (broad SMARTS) is 1. The van der Waals surface area contributed by atoms with Gasteiger partial charge in [-0.3, -0.25) is 38.5 Å². The third-order valence-electron chi connectivity index (χ3n) is 17.6. The Bertz CT molecular complexity index is 4060. The minimum absolute atomic E-state index is 0.0766. The average Bonchev–Trinajstić information content (AvgIpc) is 1.57. The number of amides is 7. The molecular weight excluding hydrogens is 1270 g/mol. The predicted octanol–water partition coefficient (Wildman–Crippen LogP) is -1.33. The first-order valence-electron chi connectivity index (χ1n) is 29.7. The van der Waals surface area contributed by atoms with Crippen LogP contribution < -0.4 is 51.4 Å². The Hall–Kier alpha value is -9.67. The van der Waals surface area contributed by atoms with E-state index in [9.17, 15) is 70.2 Å². The Kier molecular flexibility index (Phi) is 17.4. The van der Waals surface area contributed by atoms with Gasteiger partial charge < -0.3 is 112 Å². The van der Waals surface area contributed by atoms with Crippen LogP contribution in [0.25, 0.3) is 0 Å². The standard InChI is InChI=1S/C63H63ClN8O23/c1-22(74)65-48-53(80)52(79)42(20-73)94-62(48)95-54-25-6-9-38(35(64)13-25)93-41-16-27-15-40(51(41)78)91-21-36-55(81)67-45(26-10-28(75)17-30(11-26)92-39-14-24(5-8-37(39)77)50(72(2)3)60(86)66-36)57(83)69-46(27)58(84)68-44-23-4-7-33-31(12-23)43-32(18-29(76)19-34(43)63(33,89)90)47(61(87)88)70-59(85)49(54)71-56(44)82/h4-11,13-18,29,31,36,42,44-50,52-54,62,73,75-80,89-90H,12,19-21H2,1-3H3,(H,65,74)(H,66,86)(H,67,81)(H,68,84)(H,69,83)(H,70,85)(H,71,82)(H,87,88)/t29?,31?,36-,42?,44-,45?,46-,47+,48?,49+,50-,52-,53?,54-,62+/m1/s1. The summed E-state index contributed by atoms with van der Waals surface area (Å²) in [5.41, 5.74) is -1.43. The van der Waals surface area contributed by atoms with Gasteiger partial charge in [-0.15, -0.1) is 0 Å². The number of phenols is 3. The number of aromatic hydroxyl groups is 3. The van der Waals surface area contributed by atoms with Gasteiger partial charge in [-0.25, -0.2) is 4.79 Å². The molecule has 9 aliphatic rings. The van der Waals surface area contributed by atoms with Crippen molar-refractivity contribution in [3.63, 3.8) is 0 Å². The number of nitrogens with zero attached hydrogens (tertiary/aromatic N) is 1. The highest BCUT2D eigenvalue weighted by Crippen LogP contribution is 2.54. The van der Waals surface area contributed by atoms with Crippen LogP contribution in [0.4, 0.5) is 0 Å². The second kappa shape index (κ2) is 25.2. The molecule has 31 nitrogen and oxygen atoms in total. The van der Waals surface area contributed by atoms with Crippen LogP contribution in [-0.2, 0) is 47.8 Å². The van der Waals surface area contributed by atoms with Gasteiger partial charge in [0.05, 0.1) is 17.7 Å². The average molecular weight is 1340 g/mol. The predicted molar refractivity (Wildman–Crippen MR) is 321 cm³/mol. The summed E-state index contributed by atoms with van der Waals surface area (Å²) in [6, 6.07) is -2.32. The fraction of sp³-hybridized carbons (Fsp3) is 0.365. The van der Waals surface area contributed by atoms with Crippen molar-refractivity contribution in [3.8, 4) is 46.0 Å². The number of phenolic OH excluding ortho intramolecular Hbond substituents is 3. The van der Waals surface area contributed by atoms with Gasteiger partial charge in [0.1, 0.15) is 90.6 Å². The zero-order chi connectivity index (χ0) is 68.0. The molecule has 6 unspecified atom stereocenters. The summed E-state index contributed by atoms with van der Waals surface area (Å²) in [7, 11) is 3.10. The number of benzene rings is 4. The number of likely N-dealkylation sites (N-methyl/N-ethyl adjacent to an activating group) is 1. The molecule has 500 valence electrons. The quantitative estimate of drug-likeness (QED) is 0.0995. The Morgan fingerprint density at radius 1 is 0.716 bits per heavy atom. The molecule has 6 aliphatic heterocycles. The molecule has 7 amide bonds. The summed E-state index contributed by atoms with van der Waals surface area (Å²) >= 11 is 7.08. The summed E-state index contributed by atoms with van der Waals surface area (Å²) in [6.45, 7) is -0.777. The second-order valence-electron chi connectivity index (χ2n) is 24.1. The zero-order valence-corrected chi connectivity index (χ0v) is 50.9. The molecule has 95 heavy (non-hydrogen) atoms. The lowest BCUT2D eigenvalue weighted by atomic mass is 9.77. The lowest BCUT2D eigenvalue weighted by Gasteiger charge is -2.44. The molecule has 0 saturated carbocycles. The number of hydrogen-bond donors (Lipinski definition) is 17. The number of aliphatic carboxylic acids is 1. The van der Waals surface area contributed by atoms with Gasteiger partial charge in [-0.2, -0.15) is 0 Å². The molecule has 15 atom stereocenters. The molecule has 6 heterocycles. The number of nitrogens with one attached hydrogen (secondary N) is 7. The van der Waals surface area contributed by atoms with E-state index in [-0.39, 0.29) is 67.4 Å². The van der Waals surface area contributed by atoms with Crippen LogP contribution in [0.1, 0.15) is 66.2 Å². The number of rotatable bonds is 6. The van der Waals surface area contributed by atoms with Crippen molar-refractivity contribution >= 4 is 58.9 Å². The Labute approximate surface area is 542 Å². The van der Waals surface area contributed by atoms with Crippen molar-refractivity contribution in [1.82, 2.24) is 42.1 Å². The summed E-state index contributed by atoms with van der Waals surface area (Å²) in [6.07, 6.45) is -8.57. The van der Waals surface area contributed by atoms with Crippen molar-refractivity contribution in [2.24, 2.45) is 5.92 Å². The molecule has 3 aliphatic carbocycles. The number of carbonyl (C=O) groups is 8. The molecule has 15 bridgehead atoms. The number of carbonyl (C=O) groups excluding carboxylic acids is 7. The van der Waals surface area contributed by atoms with Gasteiger partial charge in [0.15, 0.2) is 35.3 Å². The van der Waals surface area contributed by atoms with Crippen LogP contribution in [0.3, 0.4) is 0 Å². The summed E-state index contributed by atoms with van der Waals surface area (Å²) < 4.78 is 31.1. The number of aliphatic hydroxyl groups is 6. The van der Waals surface area contributed by atoms with Crippen LogP contribution in [0, 0.1) is 5.92 Å². The second-order valence-corrected chi connectivity index (χ2v) is 24.6. The maximum Gasteiger partial charge on any atom is 0.330 e. The Morgan fingerprint density at radius 3 is 2.08 bits per heavy atom. The van der Waals surface area contributed by atoms with Gasteiger partial charge in [0.2, 0.25) is 52.9 Å². The van der Waals surface area contributed by atoms with Crippen molar-refractivity contribution in [1.29, 1.82) is 0 Å². The SMILES string of the molecule is CC(=O)NC1C(O)[C@H](O)C(CO)O[C@H]1O[C@@H]1c2ccc(c(Cl)c2)Oc2cc3cc(c2O)OC[C@H]2NC(=O)[C@H](N(C)C)c4ccc(O)c(c4)Oc4cc(O)cc(c4)C(NC2=O)C(=O)N[C@H]3C(=O)N[C@H]2C(=O)N[C@@H]1C(=O)N[C@H](C(=O)O)C1=CC(O)CC3=C1C1CC2=CC=C1C3(O)O. The third kappa shape index (κ3) is 12.2. The van der Waals surface area contributed by atoms with E-state index in [1.54, 1.807) is 14.1 Å². The Morgan fingerprint density at radius 2 is 1.39 bits per heavy atom. The van der Waals surface area contributed by atoms with E-state index in [0.717, 1.165) is 49.4 Å². The van der Waals surface area contributed by atoms with Crippen molar-refractivity contribution in [2.45, 2.75) is 111 Å². The lowest BCUT2D eigenvalue weighted by molar-refractivity contribution is -0.284. The first kappa shape index (κ1) is 65.4. The minimum Gasteiger partial charge on any atom is -0.508 e. The van der Waals surface area contributed by atoms with E-state index in [1.165, 1.54) is 47.4 Å². The number of halogens is 1. The van der Waals surface area contributed by atoms with Gasteiger partial charge in [0, 0.05) is 30.9 Å². The number of allylic oxidation sites excluding steroid dienone is 2. The number of aliphatic hydroxyl groups excluding tert-OH is 4. The highest BCUT2D eigenvalue weighted by molar-refractivity contribution is 6.32. The molecule has 2 fully saturated rings. The molecule has 4 aromatic carbocycles. The molecule has 32 heteroatoms. The smallest absolute Gasteiger partial charge is 0.330 e. The molecule has 4 aromatic rings. The topological polar surface area (TPSA) is 472 Å². The highest BCUT2D eigenvalue weighted by Gasteiger charge is 2.55. The van der Waals surface area contributed by atoms with Crippen molar-refractivity contribution in [2.75, 3.05) is 27.3 Å². The normalized spacial score (nSPS) is 30.2. The lowest BCUT2D eigenvalue weighted by Crippen LogP contribution is -2.65. The summed E-state index contributed by atoms with van der Waals surface area (Å²) in [4.78, 5) is 120. The van der Waals surface area contributed by atoms with Crippen molar-refractivity contribution < 1.29 is 113 Å². The van der Waals surface area contributed by atoms with Gasteiger partial charge in [-0.1, -0.05) is 35.9 Å². The monoisotopic (exact) mass is 1330 g/mol. The fourth-order valence-electron chi connectivity index (χ4n) is 13.2. The van der Waals surface area contributed by atoms with E-state index < -0.39 is 204 Å². The first-order chi connectivity index (χ1) is 45.1. The van der Waals surface area contributed by atoms with Gasteiger partial charge in [0.25, 0.3) is 0 Å². The maximum atomic E-state index is 15.9. The number of hydrogen-bond acceptors (Lipinski definition) is 23. The molecule has 0 radical (unpaired) electrons. The minimum atomic E-state index is -2.88. The van der Waals surface area contributed by atoms with E-state index >= 15 is 19.2 Å². The van der Waals surface area contributed by atoms with E-state index in [2.05, 4.69) is 37.2 Å². The van der Waals surface area contributed by atoms with Crippen LogP contribution in [0.5, 0.6) is 46.0 Å². The fourth-order valence-corrected chi connectivity index (χ4v) is 13.4. The van der Waals surface area contributed by atoms with E-state index in [1.807, 2.05) is 0 Å². The van der Waals surface area contributed by atoms with E-state index in [0.29, 0.717) is 0 Å². The molecule has 0 aromatic heterocycles. The zero-order valence-electron chi connectivity index (χ0n) is 50.2. The molecular formula is C63H63ClN8O23. The van der Waals surface area contributed by atoms with E-state index in [4.69, 9.17) is 35.3 Å². The first-order valence-corrected chi connectivity index (χ1v) is 30.0. The Balaban J connectivity index is 1.06.